The van der Waals surface area contributed by atoms with Crippen LogP contribution in [0.4, 0.5) is 0 Å². The Morgan fingerprint density at radius 2 is 1.95 bits per heavy atom. The van der Waals surface area contributed by atoms with Crippen LogP contribution in [0.5, 0.6) is 0 Å². The van der Waals surface area contributed by atoms with E-state index in [0.717, 1.165) is 15.6 Å². The number of H-pyrrole nitrogens is 3. The summed E-state index contributed by atoms with van der Waals surface area (Å²) in [5.41, 5.74) is 1.35. The minimum absolute atomic E-state index is 0.247. The van der Waals surface area contributed by atoms with E-state index in [9.17, 15) is 9.59 Å². The number of halogens is 1. The van der Waals surface area contributed by atoms with Crippen LogP contribution in [0, 0.1) is 6.92 Å². The standard InChI is InChI=1S/C12H9BrN4O2/c1-5-2-3-7(13)6(4-5)9-14-8-10(15-9)16-12(19)17-11(8)18/h2-4H,1H3,(H3,14,15,16,17,18,19). The van der Waals surface area contributed by atoms with Gasteiger partial charge in [-0.3, -0.25) is 14.8 Å². The highest BCUT2D eigenvalue weighted by Gasteiger charge is 2.11. The van der Waals surface area contributed by atoms with Gasteiger partial charge in [0, 0.05) is 10.0 Å². The van der Waals surface area contributed by atoms with E-state index in [2.05, 4.69) is 35.9 Å². The molecule has 0 saturated heterocycles. The van der Waals surface area contributed by atoms with Gasteiger partial charge in [-0.2, -0.15) is 0 Å². The number of fused-ring (bicyclic) bond motifs is 1. The van der Waals surface area contributed by atoms with Gasteiger partial charge in [0.25, 0.3) is 5.56 Å². The molecule has 3 aromatic rings. The number of nitrogens with one attached hydrogen (secondary N) is 3. The predicted molar refractivity (Wildman–Crippen MR) is 75.2 cm³/mol. The summed E-state index contributed by atoms with van der Waals surface area (Å²) >= 11 is 3.44. The predicted octanol–water partition coefficient (Wildman–Crippen LogP) is 1.68. The average Bonchev–Trinajstić information content (AvgIpc) is 2.76. The maximum atomic E-state index is 11.6. The Labute approximate surface area is 115 Å². The highest BCUT2D eigenvalue weighted by atomic mass is 79.9. The molecular formula is C12H9BrN4O2. The Balaban J connectivity index is 2.32. The molecule has 0 amide bonds. The quantitative estimate of drug-likeness (QED) is 0.636. The molecule has 0 saturated carbocycles. The summed E-state index contributed by atoms with van der Waals surface area (Å²) in [5, 5.41) is 0. The lowest BCUT2D eigenvalue weighted by molar-refractivity contribution is 1.07. The summed E-state index contributed by atoms with van der Waals surface area (Å²) in [4.78, 5) is 34.6. The molecular weight excluding hydrogens is 312 g/mol. The van der Waals surface area contributed by atoms with Crippen LogP contribution >= 0.6 is 15.9 Å². The van der Waals surface area contributed by atoms with Gasteiger partial charge in [-0.15, -0.1) is 0 Å². The Morgan fingerprint density at radius 3 is 2.74 bits per heavy atom. The van der Waals surface area contributed by atoms with E-state index in [-0.39, 0.29) is 11.2 Å². The van der Waals surface area contributed by atoms with Crippen molar-refractivity contribution in [3.63, 3.8) is 0 Å². The molecule has 2 aromatic heterocycles. The van der Waals surface area contributed by atoms with Gasteiger partial charge in [0.05, 0.1) is 0 Å². The van der Waals surface area contributed by atoms with Crippen LogP contribution in [0.1, 0.15) is 5.56 Å². The maximum absolute atomic E-state index is 11.6. The number of hydrogen-bond acceptors (Lipinski definition) is 3. The average molecular weight is 321 g/mol. The number of rotatable bonds is 1. The van der Waals surface area contributed by atoms with Crippen molar-refractivity contribution in [1.29, 1.82) is 0 Å². The van der Waals surface area contributed by atoms with Crippen molar-refractivity contribution in [3.05, 3.63) is 49.1 Å². The van der Waals surface area contributed by atoms with Crippen LogP contribution in [0.15, 0.2) is 32.3 Å². The second-order valence-corrected chi connectivity index (χ2v) is 5.05. The molecule has 7 heteroatoms. The summed E-state index contributed by atoms with van der Waals surface area (Å²) in [7, 11) is 0. The summed E-state index contributed by atoms with van der Waals surface area (Å²) in [6, 6.07) is 5.81. The Morgan fingerprint density at radius 1 is 1.16 bits per heavy atom. The van der Waals surface area contributed by atoms with Gasteiger partial charge in [0.1, 0.15) is 11.3 Å². The first-order valence-electron chi connectivity index (χ1n) is 5.53. The first-order valence-corrected chi connectivity index (χ1v) is 6.33. The van der Waals surface area contributed by atoms with Gasteiger partial charge in [-0.25, -0.2) is 9.78 Å². The summed E-state index contributed by atoms with van der Waals surface area (Å²) in [5.74, 6) is 0.526. The van der Waals surface area contributed by atoms with E-state index >= 15 is 0 Å². The van der Waals surface area contributed by atoms with Gasteiger partial charge in [-0.1, -0.05) is 27.6 Å². The van der Waals surface area contributed by atoms with Crippen molar-refractivity contribution < 1.29 is 0 Å². The SMILES string of the molecule is Cc1ccc(Br)c(-c2nc3[nH]c(=O)[nH]c(=O)c3[nH]2)c1. The molecule has 0 bridgehead atoms. The molecule has 6 nitrogen and oxygen atoms in total. The van der Waals surface area contributed by atoms with E-state index < -0.39 is 11.2 Å². The topological polar surface area (TPSA) is 94.4 Å². The van der Waals surface area contributed by atoms with E-state index in [1.807, 2.05) is 25.1 Å². The van der Waals surface area contributed by atoms with Crippen LogP contribution in [0.3, 0.4) is 0 Å². The molecule has 0 fully saturated rings. The molecule has 96 valence electrons. The number of aryl methyl sites for hydroxylation is 1. The first-order chi connectivity index (χ1) is 9.04. The van der Waals surface area contributed by atoms with Crippen molar-refractivity contribution in [2.75, 3.05) is 0 Å². The Hall–Kier alpha value is -2.15. The van der Waals surface area contributed by atoms with Crippen LogP contribution in [0.25, 0.3) is 22.6 Å². The van der Waals surface area contributed by atoms with Crippen LogP contribution in [0.2, 0.25) is 0 Å². The molecule has 0 atom stereocenters. The van der Waals surface area contributed by atoms with E-state index in [1.54, 1.807) is 0 Å². The van der Waals surface area contributed by atoms with Crippen molar-refractivity contribution in [2.24, 2.45) is 0 Å². The monoisotopic (exact) mass is 320 g/mol. The minimum Gasteiger partial charge on any atom is -0.332 e. The van der Waals surface area contributed by atoms with Gasteiger partial charge >= 0.3 is 5.69 Å². The number of imidazole rings is 1. The molecule has 3 rings (SSSR count). The second-order valence-electron chi connectivity index (χ2n) is 4.20. The summed E-state index contributed by atoms with van der Waals surface area (Å²) in [6.07, 6.45) is 0. The number of hydrogen-bond donors (Lipinski definition) is 3. The molecule has 0 aliphatic heterocycles. The third-order valence-corrected chi connectivity index (χ3v) is 3.46. The number of aromatic nitrogens is 4. The fraction of sp³-hybridized carbons (Fsp3) is 0.0833. The Bertz CT molecular complexity index is 891. The molecule has 3 N–H and O–H groups in total. The normalized spacial score (nSPS) is 11.1. The first kappa shape index (κ1) is 11.9. The zero-order valence-electron chi connectivity index (χ0n) is 9.87. The number of aromatic amines is 3. The van der Waals surface area contributed by atoms with Crippen LogP contribution in [-0.4, -0.2) is 19.9 Å². The lowest BCUT2D eigenvalue weighted by atomic mass is 10.1. The zero-order chi connectivity index (χ0) is 13.6. The largest absolute Gasteiger partial charge is 0.332 e. The van der Waals surface area contributed by atoms with Crippen molar-refractivity contribution >= 4 is 27.1 Å². The van der Waals surface area contributed by atoms with E-state index in [4.69, 9.17) is 0 Å². The molecule has 0 aliphatic carbocycles. The highest BCUT2D eigenvalue weighted by molar-refractivity contribution is 9.10. The molecule has 0 spiro atoms. The second kappa shape index (κ2) is 4.20. The lowest BCUT2D eigenvalue weighted by Crippen LogP contribution is -2.21. The van der Waals surface area contributed by atoms with Crippen molar-refractivity contribution in [3.8, 4) is 11.4 Å². The molecule has 19 heavy (non-hydrogen) atoms. The smallest absolute Gasteiger partial charge is 0.327 e. The Kier molecular flexibility index (Phi) is 2.63. The van der Waals surface area contributed by atoms with Gasteiger partial charge in [-0.05, 0) is 19.1 Å². The molecule has 0 radical (unpaired) electrons. The molecule has 0 unspecified atom stereocenters. The molecule has 2 heterocycles. The third kappa shape index (κ3) is 2.01. The lowest BCUT2D eigenvalue weighted by Gasteiger charge is -2.01. The summed E-state index contributed by atoms with van der Waals surface area (Å²) in [6.45, 7) is 1.97. The highest BCUT2D eigenvalue weighted by Crippen LogP contribution is 2.27. The summed E-state index contributed by atoms with van der Waals surface area (Å²) < 4.78 is 0.857. The van der Waals surface area contributed by atoms with E-state index in [1.165, 1.54) is 0 Å². The number of nitrogens with zero attached hydrogens (tertiary/aromatic N) is 1. The van der Waals surface area contributed by atoms with Crippen LogP contribution < -0.4 is 11.2 Å². The fourth-order valence-corrected chi connectivity index (χ4v) is 2.31. The third-order valence-electron chi connectivity index (χ3n) is 2.77. The fourth-order valence-electron chi connectivity index (χ4n) is 1.88. The van der Waals surface area contributed by atoms with Crippen LogP contribution in [-0.2, 0) is 0 Å². The van der Waals surface area contributed by atoms with Gasteiger partial charge in [0.2, 0.25) is 0 Å². The van der Waals surface area contributed by atoms with Gasteiger partial charge < -0.3 is 4.98 Å². The van der Waals surface area contributed by atoms with Crippen molar-refractivity contribution in [1.82, 2.24) is 19.9 Å². The zero-order valence-corrected chi connectivity index (χ0v) is 11.5. The molecule has 1 aromatic carbocycles. The number of benzene rings is 1. The van der Waals surface area contributed by atoms with Crippen molar-refractivity contribution in [2.45, 2.75) is 6.92 Å². The maximum Gasteiger partial charge on any atom is 0.327 e. The van der Waals surface area contributed by atoms with E-state index in [0.29, 0.717) is 5.82 Å². The minimum atomic E-state index is -0.571. The molecule has 0 aliphatic rings. The van der Waals surface area contributed by atoms with Gasteiger partial charge in [0.15, 0.2) is 5.65 Å².